The van der Waals surface area contributed by atoms with Gasteiger partial charge in [0.15, 0.2) is 0 Å². The molecule has 2 aromatic carbocycles. The third-order valence-electron chi connectivity index (χ3n) is 9.21. The molecule has 0 spiro atoms. The first-order chi connectivity index (χ1) is 24.4. The van der Waals surface area contributed by atoms with Gasteiger partial charge in [0.25, 0.3) is 0 Å². The molecule has 0 amide bonds. The summed E-state index contributed by atoms with van der Waals surface area (Å²) < 4.78 is 23.6. The monoisotopic (exact) mass is 734 g/mol. The highest BCUT2D eigenvalue weighted by atomic mass is 31.2. The first kappa shape index (κ1) is 37.8. The van der Waals surface area contributed by atoms with E-state index in [1.54, 1.807) is 0 Å². The highest BCUT2D eigenvalue weighted by Gasteiger charge is 2.38. The van der Waals surface area contributed by atoms with Gasteiger partial charge in [-0.2, -0.15) is 0 Å². The van der Waals surface area contributed by atoms with Gasteiger partial charge < -0.3 is 9.05 Å². The number of hydrogen-bond donors (Lipinski definition) is 0. The van der Waals surface area contributed by atoms with E-state index in [9.17, 15) is 0 Å². The molecular weight excluding hydrogens is 678 g/mol. The van der Waals surface area contributed by atoms with E-state index in [2.05, 4.69) is 223 Å². The molecule has 4 aromatic heterocycles. The van der Waals surface area contributed by atoms with Crippen LogP contribution in [0.5, 0.6) is 11.5 Å². The summed E-state index contributed by atoms with van der Waals surface area (Å²) >= 11 is 0. The van der Waals surface area contributed by atoms with Gasteiger partial charge in [0, 0.05) is 60.7 Å². The van der Waals surface area contributed by atoms with Crippen molar-refractivity contribution < 1.29 is 9.05 Å². The predicted octanol–water partition coefficient (Wildman–Crippen LogP) is 13.2. The van der Waals surface area contributed by atoms with Crippen LogP contribution in [0.1, 0.15) is 105 Å². The molecule has 52 heavy (non-hydrogen) atoms. The van der Waals surface area contributed by atoms with Crippen molar-refractivity contribution in [1.82, 2.24) is 17.4 Å². The molecule has 8 heteroatoms. The maximum absolute atomic E-state index is 7.42. The predicted molar refractivity (Wildman–Crippen MR) is 221 cm³/mol. The van der Waals surface area contributed by atoms with Crippen molar-refractivity contribution in [2.45, 2.75) is 105 Å². The van der Waals surface area contributed by atoms with Crippen molar-refractivity contribution in [3.63, 3.8) is 0 Å². The summed E-state index contributed by atoms with van der Waals surface area (Å²) in [6, 6.07) is 25.5. The van der Waals surface area contributed by atoms with E-state index in [0.717, 1.165) is 22.6 Å². The van der Waals surface area contributed by atoms with E-state index < -0.39 is 16.9 Å². The zero-order valence-corrected chi connectivity index (χ0v) is 34.8. The van der Waals surface area contributed by atoms with E-state index in [0.29, 0.717) is 0 Å². The van der Waals surface area contributed by atoms with Crippen LogP contribution in [0, 0.1) is 0 Å². The first-order valence-corrected chi connectivity index (χ1v) is 20.5. The average Bonchev–Trinajstić information content (AvgIpc) is 3.89. The lowest BCUT2D eigenvalue weighted by Gasteiger charge is -2.38. The Morgan fingerprint density at radius 1 is 0.365 bits per heavy atom. The molecular formula is C44H56N4O2P2. The van der Waals surface area contributed by atoms with Gasteiger partial charge in [-0.25, -0.2) is 0 Å². The molecule has 0 aliphatic heterocycles. The number of benzene rings is 2. The van der Waals surface area contributed by atoms with Crippen molar-refractivity contribution in [2.24, 2.45) is 0 Å². The van der Waals surface area contributed by atoms with Crippen LogP contribution in [-0.4, -0.2) is 17.4 Å². The average molecular weight is 735 g/mol. The maximum Gasteiger partial charge on any atom is 0.317 e. The summed E-state index contributed by atoms with van der Waals surface area (Å²) in [5.41, 5.74) is 6.63. The Balaban J connectivity index is 1.76. The molecule has 0 fully saturated rings. The molecule has 6 nitrogen and oxygen atoms in total. The van der Waals surface area contributed by atoms with Crippen LogP contribution >= 0.6 is 16.9 Å². The quantitative estimate of drug-likeness (QED) is 0.139. The third-order valence-corrected chi connectivity index (χ3v) is 12.6. The summed E-state index contributed by atoms with van der Waals surface area (Å²) in [4.78, 5) is 0. The topological polar surface area (TPSA) is 38.2 Å². The SMILES string of the molecule is CC(C)(C)c1ccc(OP(n2cccc2)n2cccc2)c(-c2c(OP(n3cccc3)n3cccc3)ccc(C(C)(C)C)c2C(C)(C)C)c1C(C)(C)C. The van der Waals surface area contributed by atoms with Crippen LogP contribution in [0.4, 0.5) is 0 Å². The molecule has 0 unspecified atom stereocenters. The smallest absolute Gasteiger partial charge is 0.317 e. The van der Waals surface area contributed by atoms with Gasteiger partial charge in [0.2, 0.25) is 0 Å². The Morgan fingerprint density at radius 3 is 0.827 bits per heavy atom. The minimum Gasteiger partial charge on any atom is -0.435 e. The molecule has 0 bridgehead atoms. The largest absolute Gasteiger partial charge is 0.435 e. The molecule has 0 saturated heterocycles. The third kappa shape index (κ3) is 7.71. The van der Waals surface area contributed by atoms with Gasteiger partial charge in [-0.1, -0.05) is 95.2 Å². The van der Waals surface area contributed by atoms with Gasteiger partial charge in [-0.05, 0) is 105 Å². The Labute approximate surface area is 314 Å². The minimum absolute atomic E-state index is 0.130. The molecule has 0 aliphatic carbocycles. The molecule has 6 rings (SSSR count). The Kier molecular flexibility index (Phi) is 10.2. The fourth-order valence-corrected chi connectivity index (χ4v) is 10.0. The van der Waals surface area contributed by atoms with Gasteiger partial charge >= 0.3 is 16.9 Å². The highest BCUT2D eigenvalue weighted by molar-refractivity contribution is 7.50. The Hall–Kier alpha value is -3.98. The molecule has 0 radical (unpaired) electrons. The van der Waals surface area contributed by atoms with E-state index in [-0.39, 0.29) is 21.7 Å². The standard InChI is InChI=1S/C44H56N4O2P2/c1-41(2,3)33-21-23-35(49-51(45-25-13-14-26-45)46-27-15-16-28-46)37(39(33)43(7,8)9)38-36(24-22-34(42(4,5)6)40(38)44(10,11)12)50-52(47-29-17-18-30-47)48-31-19-20-32-48/h13-32H,1-12H3. The number of aromatic nitrogens is 4. The first-order valence-electron chi connectivity index (χ1n) is 18.2. The van der Waals surface area contributed by atoms with Crippen LogP contribution in [0.3, 0.4) is 0 Å². The van der Waals surface area contributed by atoms with E-state index in [4.69, 9.17) is 9.05 Å². The van der Waals surface area contributed by atoms with Gasteiger partial charge in [0.1, 0.15) is 11.5 Å². The van der Waals surface area contributed by atoms with Crippen LogP contribution in [-0.2, 0) is 21.7 Å². The van der Waals surface area contributed by atoms with Crippen molar-refractivity contribution in [3.05, 3.63) is 145 Å². The second-order valence-electron chi connectivity index (χ2n) is 17.7. The summed E-state index contributed by atoms with van der Waals surface area (Å²) in [5, 5.41) is 0. The Morgan fingerprint density at radius 2 is 0.615 bits per heavy atom. The summed E-state index contributed by atoms with van der Waals surface area (Å²) in [6.45, 7) is 27.9. The van der Waals surface area contributed by atoms with E-state index in [1.807, 2.05) is 0 Å². The van der Waals surface area contributed by atoms with Gasteiger partial charge in [-0.3, -0.25) is 17.4 Å². The molecule has 0 aliphatic rings. The second kappa shape index (κ2) is 14.1. The molecule has 0 atom stereocenters. The lowest BCUT2D eigenvalue weighted by Crippen LogP contribution is -2.26. The summed E-state index contributed by atoms with van der Waals surface area (Å²) in [6.07, 6.45) is 16.7. The van der Waals surface area contributed by atoms with Gasteiger partial charge in [-0.15, -0.1) is 0 Å². The lowest BCUT2D eigenvalue weighted by atomic mass is 9.68. The van der Waals surface area contributed by atoms with Crippen molar-refractivity contribution >= 4 is 16.9 Å². The van der Waals surface area contributed by atoms with E-state index in [1.165, 1.54) is 22.3 Å². The van der Waals surface area contributed by atoms with Crippen molar-refractivity contribution in [2.75, 3.05) is 0 Å². The van der Waals surface area contributed by atoms with Crippen LogP contribution < -0.4 is 9.05 Å². The highest BCUT2D eigenvalue weighted by Crippen LogP contribution is 2.57. The molecule has 6 aromatic rings. The van der Waals surface area contributed by atoms with Crippen molar-refractivity contribution in [3.8, 4) is 22.6 Å². The fraction of sp³-hybridized carbons (Fsp3) is 0.364. The zero-order valence-electron chi connectivity index (χ0n) is 33.0. The van der Waals surface area contributed by atoms with Crippen LogP contribution in [0.15, 0.2) is 122 Å². The number of nitrogens with zero attached hydrogens (tertiary/aromatic N) is 4. The minimum atomic E-state index is -1.31. The number of hydrogen-bond acceptors (Lipinski definition) is 2. The molecule has 0 saturated carbocycles. The molecule has 0 N–H and O–H groups in total. The van der Waals surface area contributed by atoms with Crippen molar-refractivity contribution in [1.29, 1.82) is 0 Å². The second-order valence-corrected chi connectivity index (χ2v) is 20.9. The van der Waals surface area contributed by atoms with Crippen LogP contribution in [0.25, 0.3) is 11.1 Å². The van der Waals surface area contributed by atoms with Crippen LogP contribution in [0.2, 0.25) is 0 Å². The fourth-order valence-electron chi connectivity index (χ4n) is 6.98. The number of rotatable bonds is 9. The summed E-state index contributed by atoms with van der Waals surface area (Å²) in [7, 11) is -2.62. The van der Waals surface area contributed by atoms with Gasteiger partial charge in [0.05, 0.1) is 0 Å². The summed E-state index contributed by atoms with van der Waals surface area (Å²) in [5.74, 6) is 1.69. The normalized spacial score (nSPS) is 13.0. The maximum atomic E-state index is 7.42. The Bertz CT molecular complexity index is 1850. The van der Waals surface area contributed by atoms with E-state index >= 15 is 0 Å². The zero-order chi connectivity index (χ0) is 37.6. The lowest BCUT2D eigenvalue weighted by molar-refractivity contribution is 0.515. The molecule has 274 valence electrons. The molecule has 4 heterocycles.